The summed E-state index contributed by atoms with van der Waals surface area (Å²) >= 11 is 5.97. The minimum atomic E-state index is -0.548. The molecule has 0 aliphatic rings. The van der Waals surface area contributed by atoms with Crippen LogP contribution in [0.3, 0.4) is 0 Å². The molecule has 2 rings (SSSR count). The lowest BCUT2D eigenvalue weighted by atomic mass is 9.99. The topological polar surface area (TPSA) is 60.2 Å². The molecular weight excluding hydrogens is 278 g/mol. The molecule has 0 atom stereocenters. The quantitative estimate of drug-likeness (QED) is 0.485. The van der Waals surface area contributed by atoms with Crippen LogP contribution >= 0.6 is 11.6 Å². The second-order valence-corrected chi connectivity index (χ2v) is 4.96. The number of nitrogens with zero attached hydrogens (tertiary/aromatic N) is 1. The Labute approximate surface area is 121 Å². The first-order valence-corrected chi connectivity index (χ1v) is 6.34. The molecule has 4 nitrogen and oxygen atoms in total. The molecule has 0 aliphatic carbocycles. The van der Waals surface area contributed by atoms with Crippen LogP contribution in [0, 0.1) is 24.0 Å². The molecule has 0 saturated carbocycles. The van der Waals surface area contributed by atoms with Gasteiger partial charge in [-0.05, 0) is 37.1 Å². The Bertz CT molecular complexity index is 710. The van der Waals surface area contributed by atoms with Gasteiger partial charge in [0.25, 0.3) is 5.69 Å². The Morgan fingerprint density at radius 2 is 1.80 bits per heavy atom. The van der Waals surface area contributed by atoms with Gasteiger partial charge in [-0.3, -0.25) is 14.9 Å². The van der Waals surface area contributed by atoms with Crippen LogP contribution in [0.2, 0.25) is 5.02 Å². The van der Waals surface area contributed by atoms with Crippen molar-refractivity contribution < 1.29 is 9.72 Å². The van der Waals surface area contributed by atoms with E-state index in [9.17, 15) is 14.9 Å². The van der Waals surface area contributed by atoms with Crippen LogP contribution in [0.15, 0.2) is 36.4 Å². The van der Waals surface area contributed by atoms with Gasteiger partial charge in [-0.1, -0.05) is 23.7 Å². The summed E-state index contributed by atoms with van der Waals surface area (Å²) in [6, 6.07) is 9.15. The molecular formula is C15H12ClNO3. The first-order chi connectivity index (χ1) is 9.40. The van der Waals surface area contributed by atoms with Crippen molar-refractivity contribution in [3.63, 3.8) is 0 Å². The molecule has 0 amide bonds. The van der Waals surface area contributed by atoms with Gasteiger partial charge in [0.2, 0.25) is 0 Å². The summed E-state index contributed by atoms with van der Waals surface area (Å²) in [5, 5.41) is 11.0. The molecule has 5 heteroatoms. The van der Waals surface area contributed by atoms with Crippen LogP contribution in [-0.4, -0.2) is 10.7 Å². The van der Waals surface area contributed by atoms with E-state index in [0.29, 0.717) is 5.56 Å². The molecule has 0 aromatic heterocycles. The van der Waals surface area contributed by atoms with Gasteiger partial charge in [-0.15, -0.1) is 0 Å². The van der Waals surface area contributed by atoms with Crippen LogP contribution in [0.4, 0.5) is 5.69 Å². The summed E-state index contributed by atoms with van der Waals surface area (Å²) in [6.07, 6.45) is 0. The largest absolute Gasteiger partial charge is 0.289 e. The number of ketones is 1. The van der Waals surface area contributed by atoms with Crippen molar-refractivity contribution in [2.45, 2.75) is 13.8 Å². The molecule has 0 saturated heterocycles. The number of non-ortho nitro benzene ring substituents is 1. The van der Waals surface area contributed by atoms with E-state index in [1.54, 1.807) is 12.1 Å². The third-order valence-corrected chi connectivity index (χ3v) is 3.50. The highest BCUT2D eigenvalue weighted by atomic mass is 35.5. The minimum absolute atomic E-state index is 0.143. The van der Waals surface area contributed by atoms with Crippen molar-refractivity contribution in [1.29, 1.82) is 0 Å². The molecule has 0 fully saturated rings. The van der Waals surface area contributed by atoms with Gasteiger partial charge in [0.05, 0.1) is 9.95 Å². The third-order valence-electron chi connectivity index (χ3n) is 3.17. The van der Waals surface area contributed by atoms with E-state index in [1.807, 2.05) is 19.9 Å². The molecule has 102 valence electrons. The van der Waals surface area contributed by atoms with E-state index in [4.69, 9.17) is 11.6 Å². The van der Waals surface area contributed by atoms with Crippen LogP contribution < -0.4 is 0 Å². The fraction of sp³-hybridized carbons (Fsp3) is 0.133. The highest BCUT2D eigenvalue weighted by Crippen LogP contribution is 2.25. The van der Waals surface area contributed by atoms with Crippen molar-refractivity contribution in [2.75, 3.05) is 0 Å². The highest BCUT2D eigenvalue weighted by Gasteiger charge is 2.17. The summed E-state index contributed by atoms with van der Waals surface area (Å²) in [4.78, 5) is 22.6. The maximum Gasteiger partial charge on any atom is 0.270 e. The fourth-order valence-corrected chi connectivity index (χ4v) is 2.04. The van der Waals surface area contributed by atoms with E-state index in [-0.39, 0.29) is 22.1 Å². The Hall–Kier alpha value is -2.20. The maximum absolute atomic E-state index is 12.4. The number of hydrogen-bond acceptors (Lipinski definition) is 3. The summed E-state index contributed by atoms with van der Waals surface area (Å²) in [5.41, 5.74) is 2.52. The minimum Gasteiger partial charge on any atom is -0.289 e. The SMILES string of the molecule is Cc1ccc(C(=O)c2cc([N+](=O)[O-])ccc2Cl)cc1C. The lowest BCUT2D eigenvalue weighted by Crippen LogP contribution is -2.04. The summed E-state index contributed by atoms with van der Waals surface area (Å²) in [5.74, 6) is -0.318. The summed E-state index contributed by atoms with van der Waals surface area (Å²) in [6.45, 7) is 3.85. The van der Waals surface area contributed by atoms with Crippen molar-refractivity contribution in [3.8, 4) is 0 Å². The zero-order valence-electron chi connectivity index (χ0n) is 11.0. The predicted octanol–water partition coefficient (Wildman–Crippen LogP) is 4.10. The molecule has 0 unspecified atom stereocenters. The Kier molecular flexibility index (Phi) is 3.86. The third kappa shape index (κ3) is 2.70. The second kappa shape index (κ2) is 5.43. The fourth-order valence-electron chi connectivity index (χ4n) is 1.84. The van der Waals surface area contributed by atoms with Crippen molar-refractivity contribution >= 4 is 23.1 Å². The van der Waals surface area contributed by atoms with Gasteiger partial charge in [0, 0.05) is 23.3 Å². The number of nitro groups is 1. The summed E-state index contributed by atoms with van der Waals surface area (Å²) < 4.78 is 0. The van der Waals surface area contributed by atoms with E-state index >= 15 is 0 Å². The lowest BCUT2D eigenvalue weighted by molar-refractivity contribution is -0.384. The number of rotatable bonds is 3. The average molecular weight is 290 g/mol. The van der Waals surface area contributed by atoms with Gasteiger partial charge in [0.15, 0.2) is 5.78 Å². The normalized spacial score (nSPS) is 10.3. The standard InChI is InChI=1S/C15H12ClNO3/c1-9-3-4-11(7-10(9)2)15(18)13-8-12(17(19)20)5-6-14(13)16/h3-8H,1-2H3. The van der Waals surface area contributed by atoms with E-state index in [0.717, 1.165) is 11.1 Å². The van der Waals surface area contributed by atoms with Crippen molar-refractivity contribution in [3.05, 3.63) is 73.8 Å². The first kappa shape index (κ1) is 14.2. The number of hydrogen-bond donors (Lipinski definition) is 0. The number of benzene rings is 2. The average Bonchev–Trinajstić information content (AvgIpc) is 2.41. The Morgan fingerprint density at radius 3 is 2.40 bits per heavy atom. The zero-order valence-corrected chi connectivity index (χ0v) is 11.8. The monoisotopic (exact) mass is 289 g/mol. The van der Waals surface area contributed by atoms with Gasteiger partial charge in [-0.2, -0.15) is 0 Å². The van der Waals surface area contributed by atoms with Crippen LogP contribution in [0.1, 0.15) is 27.0 Å². The van der Waals surface area contributed by atoms with Gasteiger partial charge >= 0.3 is 0 Å². The van der Waals surface area contributed by atoms with Gasteiger partial charge in [-0.25, -0.2) is 0 Å². The molecule has 2 aromatic rings. The van der Waals surface area contributed by atoms with E-state index < -0.39 is 4.92 Å². The number of carbonyl (C=O) groups excluding carboxylic acids is 1. The van der Waals surface area contributed by atoms with Crippen LogP contribution in [0.25, 0.3) is 0 Å². The summed E-state index contributed by atoms with van der Waals surface area (Å²) in [7, 11) is 0. The number of nitro benzene ring substituents is 1. The van der Waals surface area contributed by atoms with Crippen molar-refractivity contribution in [1.82, 2.24) is 0 Å². The molecule has 0 N–H and O–H groups in total. The van der Waals surface area contributed by atoms with E-state index in [1.165, 1.54) is 18.2 Å². The van der Waals surface area contributed by atoms with Gasteiger partial charge in [0.1, 0.15) is 0 Å². The van der Waals surface area contributed by atoms with Crippen LogP contribution in [0.5, 0.6) is 0 Å². The molecule has 0 aliphatic heterocycles. The smallest absolute Gasteiger partial charge is 0.270 e. The number of halogens is 1. The predicted molar refractivity (Wildman–Crippen MR) is 77.5 cm³/mol. The molecule has 0 bridgehead atoms. The Morgan fingerprint density at radius 1 is 1.10 bits per heavy atom. The number of aryl methyl sites for hydroxylation is 2. The lowest BCUT2D eigenvalue weighted by Gasteiger charge is -2.06. The van der Waals surface area contributed by atoms with Gasteiger partial charge < -0.3 is 0 Å². The van der Waals surface area contributed by atoms with Crippen LogP contribution in [-0.2, 0) is 0 Å². The molecule has 0 heterocycles. The second-order valence-electron chi connectivity index (χ2n) is 4.55. The first-order valence-electron chi connectivity index (χ1n) is 5.96. The van der Waals surface area contributed by atoms with E-state index in [2.05, 4.69) is 0 Å². The molecule has 0 spiro atoms. The number of carbonyl (C=O) groups is 1. The molecule has 0 radical (unpaired) electrons. The maximum atomic E-state index is 12.4. The Balaban J connectivity index is 2.49. The molecule has 2 aromatic carbocycles. The highest BCUT2D eigenvalue weighted by molar-refractivity contribution is 6.35. The van der Waals surface area contributed by atoms with Crippen molar-refractivity contribution in [2.24, 2.45) is 0 Å². The zero-order chi connectivity index (χ0) is 14.9. The molecule has 20 heavy (non-hydrogen) atoms.